The molecule has 0 aliphatic heterocycles. The van der Waals surface area contributed by atoms with E-state index in [1.165, 1.54) is 0 Å². The molecule has 0 bridgehead atoms. The van der Waals surface area contributed by atoms with Crippen molar-refractivity contribution in [2.45, 2.75) is 32.9 Å². The molecule has 0 radical (unpaired) electrons. The smallest absolute Gasteiger partial charge is 0.191 e. The van der Waals surface area contributed by atoms with Crippen LogP contribution < -0.4 is 10.6 Å². The number of guanidine groups is 1. The van der Waals surface area contributed by atoms with Crippen LogP contribution in [-0.2, 0) is 12.1 Å². The van der Waals surface area contributed by atoms with Crippen LogP contribution in [0.4, 0.5) is 0 Å². The van der Waals surface area contributed by atoms with E-state index < -0.39 is 5.60 Å². The summed E-state index contributed by atoms with van der Waals surface area (Å²) in [4.78, 5) is 4.52. The van der Waals surface area contributed by atoms with Gasteiger partial charge in [-0.3, -0.25) is 0 Å². The van der Waals surface area contributed by atoms with Crippen molar-refractivity contribution in [3.8, 4) is 0 Å². The summed E-state index contributed by atoms with van der Waals surface area (Å²) in [6.45, 7) is 7.09. The average molecular weight is 478 g/mol. The predicted molar refractivity (Wildman–Crippen MR) is 113 cm³/mol. The molecular formula is C18H25ClIN3O2. The Morgan fingerprint density at radius 3 is 2.44 bits per heavy atom. The third-order valence-electron chi connectivity index (χ3n) is 3.55. The van der Waals surface area contributed by atoms with Crippen molar-refractivity contribution in [1.29, 1.82) is 0 Å². The molecule has 0 saturated heterocycles. The summed E-state index contributed by atoms with van der Waals surface area (Å²) in [5.74, 6) is 1.94. The highest BCUT2D eigenvalue weighted by Crippen LogP contribution is 2.21. The maximum absolute atomic E-state index is 10.6. The molecule has 7 heteroatoms. The molecule has 138 valence electrons. The van der Waals surface area contributed by atoms with Gasteiger partial charge in [0, 0.05) is 11.6 Å². The normalized spacial score (nSPS) is 13.7. The minimum Gasteiger partial charge on any atom is -0.463 e. The maximum Gasteiger partial charge on any atom is 0.191 e. The number of aryl methyl sites for hydroxylation is 1. The Morgan fingerprint density at radius 2 is 1.88 bits per heavy atom. The number of furan rings is 1. The highest BCUT2D eigenvalue weighted by molar-refractivity contribution is 14.0. The monoisotopic (exact) mass is 477 g/mol. The zero-order valence-electron chi connectivity index (χ0n) is 14.7. The zero-order chi connectivity index (χ0) is 17.6. The van der Waals surface area contributed by atoms with Crippen LogP contribution in [0.1, 0.15) is 30.9 Å². The number of hydrogen-bond donors (Lipinski definition) is 3. The second kappa shape index (κ2) is 10.0. The molecule has 1 unspecified atom stereocenters. The van der Waals surface area contributed by atoms with Crippen LogP contribution in [0.2, 0.25) is 5.02 Å². The van der Waals surface area contributed by atoms with E-state index in [2.05, 4.69) is 15.6 Å². The van der Waals surface area contributed by atoms with E-state index in [1.54, 1.807) is 13.0 Å². The fourth-order valence-electron chi connectivity index (χ4n) is 2.17. The first-order valence-electron chi connectivity index (χ1n) is 7.96. The van der Waals surface area contributed by atoms with Crippen molar-refractivity contribution in [3.63, 3.8) is 0 Å². The third-order valence-corrected chi connectivity index (χ3v) is 3.80. The molecule has 0 spiro atoms. The number of hydrogen-bond acceptors (Lipinski definition) is 3. The Morgan fingerprint density at radius 1 is 1.20 bits per heavy atom. The SMILES string of the molecule is CCNC(=NCc1ccc(Cl)cc1)NCC(C)(O)c1ccc(C)o1.I. The first-order chi connectivity index (χ1) is 11.4. The summed E-state index contributed by atoms with van der Waals surface area (Å²) in [5.41, 5.74) is -0.0601. The minimum atomic E-state index is -1.12. The number of benzene rings is 1. The molecule has 0 aliphatic carbocycles. The van der Waals surface area contributed by atoms with Crippen molar-refractivity contribution in [2.24, 2.45) is 4.99 Å². The van der Waals surface area contributed by atoms with Gasteiger partial charge in [-0.1, -0.05) is 23.7 Å². The molecule has 1 aromatic heterocycles. The van der Waals surface area contributed by atoms with E-state index in [-0.39, 0.29) is 30.5 Å². The Hall–Kier alpha value is -1.25. The van der Waals surface area contributed by atoms with Crippen LogP contribution >= 0.6 is 35.6 Å². The van der Waals surface area contributed by atoms with Crippen LogP contribution in [-0.4, -0.2) is 24.2 Å². The Bertz CT molecular complexity index is 684. The standard InChI is InChI=1S/C18H24ClN3O2.HI/c1-4-20-17(21-11-14-6-8-15(19)9-7-14)22-12-18(3,23)16-10-5-13(2)24-16;/h5-10,23H,4,11-12H2,1-3H3,(H2,20,21,22);1H. The predicted octanol–water partition coefficient (Wildman–Crippen LogP) is 3.82. The highest BCUT2D eigenvalue weighted by atomic mass is 127. The van der Waals surface area contributed by atoms with Gasteiger partial charge in [-0.25, -0.2) is 4.99 Å². The number of aliphatic hydroxyl groups is 1. The van der Waals surface area contributed by atoms with Crippen LogP contribution in [0.5, 0.6) is 0 Å². The highest BCUT2D eigenvalue weighted by Gasteiger charge is 2.27. The van der Waals surface area contributed by atoms with Crippen LogP contribution in [0.25, 0.3) is 0 Å². The van der Waals surface area contributed by atoms with E-state index in [1.807, 2.05) is 44.2 Å². The lowest BCUT2D eigenvalue weighted by molar-refractivity contribution is 0.0378. The van der Waals surface area contributed by atoms with Gasteiger partial charge in [-0.15, -0.1) is 24.0 Å². The molecule has 1 aromatic carbocycles. The molecule has 2 rings (SSSR count). The van der Waals surface area contributed by atoms with E-state index in [0.29, 0.717) is 23.3 Å². The summed E-state index contributed by atoms with van der Waals surface area (Å²) in [5, 5.41) is 17.6. The molecule has 1 heterocycles. The summed E-state index contributed by atoms with van der Waals surface area (Å²) in [6, 6.07) is 11.2. The Labute approximate surface area is 170 Å². The Balaban J connectivity index is 0.00000312. The van der Waals surface area contributed by atoms with E-state index >= 15 is 0 Å². The molecule has 5 nitrogen and oxygen atoms in total. The maximum atomic E-state index is 10.6. The van der Waals surface area contributed by atoms with Crippen LogP contribution in [0.15, 0.2) is 45.8 Å². The van der Waals surface area contributed by atoms with Gasteiger partial charge in [0.1, 0.15) is 17.1 Å². The first-order valence-corrected chi connectivity index (χ1v) is 8.34. The summed E-state index contributed by atoms with van der Waals surface area (Å²) in [6.07, 6.45) is 0. The second-order valence-electron chi connectivity index (χ2n) is 5.86. The number of nitrogens with one attached hydrogen (secondary N) is 2. The van der Waals surface area contributed by atoms with Gasteiger partial charge in [0.2, 0.25) is 0 Å². The molecule has 0 aliphatic rings. The van der Waals surface area contributed by atoms with Gasteiger partial charge < -0.3 is 20.2 Å². The number of rotatable bonds is 6. The van der Waals surface area contributed by atoms with Crippen molar-refractivity contribution >= 4 is 41.5 Å². The van der Waals surface area contributed by atoms with Crippen molar-refractivity contribution < 1.29 is 9.52 Å². The van der Waals surface area contributed by atoms with Crippen molar-refractivity contribution in [3.05, 3.63) is 58.5 Å². The van der Waals surface area contributed by atoms with Gasteiger partial charge in [0.05, 0.1) is 13.1 Å². The van der Waals surface area contributed by atoms with E-state index in [4.69, 9.17) is 16.0 Å². The van der Waals surface area contributed by atoms with Gasteiger partial charge >= 0.3 is 0 Å². The molecule has 1 atom stereocenters. The summed E-state index contributed by atoms with van der Waals surface area (Å²) >= 11 is 5.89. The molecule has 0 saturated carbocycles. The average Bonchev–Trinajstić information content (AvgIpc) is 2.99. The van der Waals surface area contributed by atoms with Crippen LogP contribution in [0.3, 0.4) is 0 Å². The number of halogens is 2. The van der Waals surface area contributed by atoms with Crippen molar-refractivity contribution in [2.75, 3.05) is 13.1 Å². The zero-order valence-corrected chi connectivity index (χ0v) is 17.8. The molecule has 0 fully saturated rings. The van der Waals surface area contributed by atoms with Crippen LogP contribution in [0, 0.1) is 6.92 Å². The quantitative estimate of drug-likeness (QED) is 0.336. The van der Waals surface area contributed by atoms with E-state index in [9.17, 15) is 5.11 Å². The lowest BCUT2D eigenvalue weighted by atomic mass is 10.0. The molecule has 0 amide bonds. The third kappa shape index (κ3) is 6.87. The second-order valence-corrected chi connectivity index (χ2v) is 6.30. The number of nitrogens with zero attached hydrogens (tertiary/aromatic N) is 1. The topological polar surface area (TPSA) is 69.8 Å². The van der Waals surface area contributed by atoms with Gasteiger partial charge in [-0.05, 0) is 50.6 Å². The first kappa shape index (κ1) is 21.8. The minimum absolute atomic E-state index is 0. The largest absolute Gasteiger partial charge is 0.463 e. The number of aliphatic imine (C=N–C) groups is 1. The Kier molecular flexibility index (Phi) is 8.75. The molecule has 3 N–H and O–H groups in total. The van der Waals surface area contributed by atoms with Gasteiger partial charge in [0.15, 0.2) is 5.96 Å². The molecule has 25 heavy (non-hydrogen) atoms. The molecular weight excluding hydrogens is 453 g/mol. The fourth-order valence-corrected chi connectivity index (χ4v) is 2.29. The lowest BCUT2D eigenvalue weighted by Gasteiger charge is -2.22. The molecule has 2 aromatic rings. The van der Waals surface area contributed by atoms with Crippen molar-refractivity contribution in [1.82, 2.24) is 10.6 Å². The summed E-state index contributed by atoms with van der Waals surface area (Å²) < 4.78 is 5.52. The van der Waals surface area contributed by atoms with Gasteiger partial charge in [-0.2, -0.15) is 0 Å². The van der Waals surface area contributed by atoms with Gasteiger partial charge in [0.25, 0.3) is 0 Å². The lowest BCUT2D eigenvalue weighted by Crippen LogP contribution is -2.44. The van der Waals surface area contributed by atoms with E-state index in [0.717, 1.165) is 17.9 Å². The fraction of sp³-hybridized carbons (Fsp3) is 0.389. The summed E-state index contributed by atoms with van der Waals surface area (Å²) in [7, 11) is 0.